The lowest BCUT2D eigenvalue weighted by atomic mass is 10.1. The summed E-state index contributed by atoms with van der Waals surface area (Å²) >= 11 is 0. The van der Waals surface area contributed by atoms with Crippen LogP contribution >= 0.6 is 0 Å². The van der Waals surface area contributed by atoms with E-state index in [-0.39, 0.29) is 0 Å². The summed E-state index contributed by atoms with van der Waals surface area (Å²) < 4.78 is 5.36. The lowest BCUT2D eigenvalue weighted by Gasteiger charge is -2.23. The Morgan fingerprint density at radius 1 is 1.20 bits per heavy atom. The van der Waals surface area contributed by atoms with Gasteiger partial charge in [0.25, 0.3) is 0 Å². The van der Waals surface area contributed by atoms with Gasteiger partial charge in [-0.15, -0.1) is 0 Å². The predicted octanol–water partition coefficient (Wildman–Crippen LogP) is 4.71. The van der Waals surface area contributed by atoms with Crippen LogP contribution in [0.25, 0.3) is 0 Å². The van der Waals surface area contributed by atoms with Crippen LogP contribution in [0, 0.1) is 0 Å². The molecule has 0 aromatic heterocycles. The fourth-order valence-electron chi connectivity index (χ4n) is 3.19. The van der Waals surface area contributed by atoms with E-state index in [2.05, 4.69) is 22.5 Å². The molecule has 1 aliphatic rings. The minimum atomic E-state index is -0.503. The molecule has 0 radical (unpaired) electrons. The Bertz CT molecular complexity index is 554. The van der Waals surface area contributed by atoms with Crippen molar-refractivity contribution in [1.29, 1.82) is 0 Å². The lowest BCUT2D eigenvalue weighted by molar-refractivity contribution is 0.0636. The number of benzene rings is 1. The van der Waals surface area contributed by atoms with Crippen molar-refractivity contribution >= 4 is 17.5 Å². The van der Waals surface area contributed by atoms with E-state index in [0.29, 0.717) is 6.04 Å². The minimum Gasteiger partial charge on any atom is -0.444 e. The second-order valence-electron chi connectivity index (χ2n) is 7.79. The molecule has 1 unspecified atom stereocenters. The van der Waals surface area contributed by atoms with Gasteiger partial charge in [-0.3, -0.25) is 5.32 Å². The number of para-hydroxylation sites is 2. The summed E-state index contributed by atoms with van der Waals surface area (Å²) in [6, 6.07) is 8.27. The van der Waals surface area contributed by atoms with Crippen molar-refractivity contribution < 1.29 is 9.53 Å². The molecule has 1 aliphatic heterocycles. The van der Waals surface area contributed by atoms with Gasteiger partial charge in [-0.1, -0.05) is 19.1 Å². The maximum absolute atomic E-state index is 12.1. The van der Waals surface area contributed by atoms with E-state index in [9.17, 15) is 4.79 Å². The molecular formula is C20H33N3O2. The molecule has 2 N–H and O–H groups in total. The quantitative estimate of drug-likeness (QED) is 0.810. The van der Waals surface area contributed by atoms with Crippen LogP contribution in [0.1, 0.15) is 53.4 Å². The van der Waals surface area contributed by atoms with Crippen LogP contribution in [0.2, 0.25) is 0 Å². The summed E-state index contributed by atoms with van der Waals surface area (Å²) in [5.74, 6) is 0. The average Bonchev–Trinajstić information content (AvgIpc) is 2.73. The van der Waals surface area contributed by atoms with Crippen molar-refractivity contribution in [3.8, 4) is 0 Å². The van der Waals surface area contributed by atoms with Crippen molar-refractivity contribution in [3.05, 3.63) is 24.3 Å². The van der Waals surface area contributed by atoms with Crippen LogP contribution in [0.4, 0.5) is 16.2 Å². The van der Waals surface area contributed by atoms with Gasteiger partial charge in [0.2, 0.25) is 0 Å². The molecule has 140 valence electrons. The highest BCUT2D eigenvalue weighted by Crippen LogP contribution is 2.25. The first-order valence-electron chi connectivity index (χ1n) is 9.45. The molecule has 1 heterocycles. The van der Waals surface area contributed by atoms with Crippen molar-refractivity contribution in [1.82, 2.24) is 4.90 Å². The highest BCUT2D eigenvalue weighted by molar-refractivity contribution is 5.89. The summed E-state index contributed by atoms with van der Waals surface area (Å²) in [7, 11) is 0. The van der Waals surface area contributed by atoms with Gasteiger partial charge < -0.3 is 15.0 Å². The highest BCUT2D eigenvalue weighted by atomic mass is 16.6. The number of rotatable bonds is 5. The van der Waals surface area contributed by atoms with E-state index >= 15 is 0 Å². The topological polar surface area (TPSA) is 53.6 Å². The number of nitrogens with zero attached hydrogens (tertiary/aromatic N) is 1. The molecule has 1 fully saturated rings. The van der Waals surface area contributed by atoms with Gasteiger partial charge in [0.15, 0.2) is 0 Å². The Hall–Kier alpha value is -1.75. The molecule has 0 bridgehead atoms. The Morgan fingerprint density at radius 3 is 2.60 bits per heavy atom. The maximum atomic E-state index is 12.1. The van der Waals surface area contributed by atoms with Crippen LogP contribution in [0.5, 0.6) is 0 Å². The number of carbonyl (C=O) groups is 1. The summed E-state index contributed by atoms with van der Waals surface area (Å²) in [5, 5.41) is 6.49. The van der Waals surface area contributed by atoms with Gasteiger partial charge in [-0.2, -0.15) is 0 Å². The third kappa shape index (κ3) is 6.94. The standard InChI is InChI=1S/C20H33N3O2/c1-5-13-23-14-8-9-16(12-15-23)21-17-10-6-7-11-18(17)22-19(24)25-20(2,3)4/h6-7,10-11,16,21H,5,8-9,12-15H2,1-4H3,(H,22,24). The Labute approximate surface area is 152 Å². The number of anilines is 2. The second kappa shape index (κ2) is 9.09. The zero-order chi connectivity index (χ0) is 18.3. The molecule has 0 spiro atoms. The smallest absolute Gasteiger partial charge is 0.412 e. The number of nitrogens with one attached hydrogen (secondary N) is 2. The third-order valence-electron chi connectivity index (χ3n) is 4.28. The second-order valence-corrected chi connectivity index (χ2v) is 7.79. The molecule has 1 aromatic rings. The molecule has 1 atom stereocenters. The summed E-state index contributed by atoms with van der Waals surface area (Å²) in [5.41, 5.74) is 1.23. The summed E-state index contributed by atoms with van der Waals surface area (Å²) in [6.07, 6.45) is 4.28. The number of amides is 1. The van der Waals surface area contributed by atoms with Gasteiger partial charge in [-0.25, -0.2) is 4.79 Å². The summed E-state index contributed by atoms with van der Waals surface area (Å²) in [6.45, 7) is 11.3. The molecule has 1 saturated heterocycles. The number of likely N-dealkylation sites (tertiary alicyclic amines) is 1. The third-order valence-corrected chi connectivity index (χ3v) is 4.28. The van der Waals surface area contributed by atoms with E-state index in [0.717, 1.165) is 30.8 Å². The average molecular weight is 348 g/mol. The number of carbonyl (C=O) groups excluding carboxylic acids is 1. The number of ether oxygens (including phenoxy) is 1. The van der Waals surface area contributed by atoms with Crippen molar-refractivity contribution in [3.63, 3.8) is 0 Å². The molecule has 0 saturated carbocycles. The number of hydrogen-bond acceptors (Lipinski definition) is 4. The molecule has 0 aliphatic carbocycles. The van der Waals surface area contributed by atoms with E-state index in [1.165, 1.54) is 25.9 Å². The monoisotopic (exact) mass is 347 g/mol. The normalized spacial score (nSPS) is 19.1. The Kier molecular flexibility index (Phi) is 7.12. The van der Waals surface area contributed by atoms with Crippen LogP contribution in [0.3, 0.4) is 0 Å². The van der Waals surface area contributed by atoms with Crippen LogP contribution in [0.15, 0.2) is 24.3 Å². The van der Waals surface area contributed by atoms with E-state index < -0.39 is 11.7 Å². The molecule has 25 heavy (non-hydrogen) atoms. The van der Waals surface area contributed by atoms with E-state index in [1.54, 1.807) is 0 Å². The van der Waals surface area contributed by atoms with Gasteiger partial charge >= 0.3 is 6.09 Å². The minimum absolute atomic E-state index is 0.420. The fraction of sp³-hybridized carbons (Fsp3) is 0.650. The first kappa shape index (κ1) is 19.6. The van der Waals surface area contributed by atoms with Crippen LogP contribution in [-0.2, 0) is 4.74 Å². The predicted molar refractivity (Wildman–Crippen MR) is 104 cm³/mol. The molecule has 1 amide bonds. The SMILES string of the molecule is CCCN1CCCC(Nc2ccccc2NC(=O)OC(C)(C)C)CC1. The zero-order valence-corrected chi connectivity index (χ0v) is 16.1. The van der Waals surface area contributed by atoms with Crippen molar-refractivity contribution in [2.24, 2.45) is 0 Å². The molecule has 2 rings (SSSR count). The zero-order valence-electron chi connectivity index (χ0n) is 16.1. The van der Waals surface area contributed by atoms with Crippen molar-refractivity contribution in [2.75, 3.05) is 30.3 Å². The van der Waals surface area contributed by atoms with Gasteiger partial charge in [0.05, 0.1) is 11.4 Å². The van der Waals surface area contributed by atoms with Crippen molar-refractivity contribution in [2.45, 2.75) is 65.0 Å². The Morgan fingerprint density at radius 2 is 1.92 bits per heavy atom. The maximum Gasteiger partial charge on any atom is 0.412 e. The van der Waals surface area contributed by atoms with Crippen LogP contribution in [-0.4, -0.2) is 42.3 Å². The van der Waals surface area contributed by atoms with Crippen LogP contribution < -0.4 is 10.6 Å². The molecule has 5 nitrogen and oxygen atoms in total. The van der Waals surface area contributed by atoms with Gasteiger partial charge in [0.1, 0.15) is 5.60 Å². The molecular weight excluding hydrogens is 314 g/mol. The van der Waals surface area contributed by atoms with E-state index in [1.807, 2.05) is 45.0 Å². The fourth-order valence-corrected chi connectivity index (χ4v) is 3.19. The van der Waals surface area contributed by atoms with E-state index in [4.69, 9.17) is 4.74 Å². The molecule has 1 aromatic carbocycles. The first-order chi connectivity index (χ1) is 11.9. The molecule has 5 heteroatoms. The summed E-state index contributed by atoms with van der Waals surface area (Å²) in [4.78, 5) is 14.6. The lowest BCUT2D eigenvalue weighted by Crippen LogP contribution is -2.28. The van der Waals surface area contributed by atoms with Gasteiger partial charge in [0, 0.05) is 12.6 Å². The Balaban J connectivity index is 1.97. The van der Waals surface area contributed by atoms with Gasteiger partial charge in [-0.05, 0) is 71.7 Å². The largest absolute Gasteiger partial charge is 0.444 e. The first-order valence-corrected chi connectivity index (χ1v) is 9.45. The highest BCUT2D eigenvalue weighted by Gasteiger charge is 2.19. The number of hydrogen-bond donors (Lipinski definition) is 2.